The van der Waals surface area contributed by atoms with Gasteiger partial charge in [-0.3, -0.25) is 0 Å². The van der Waals surface area contributed by atoms with Crippen molar-refractivity contribution < 1.29 is 4.74 Å². The van der Waals surface area contributed by atoms with Gasteiger partial charge in [0.1, 0.15) is 0 Å². The molecule has 1 unspecified atom stereocenters. The minimum atomic E-state index is 0.342. The average molecular weight is 221 g/mol. The highest BCUT2D eigenvalue weighted by Crippen LogP contribution is 2.14. The lowest BCUT2D eigenvalue weighted by molar-refractivity contribution is 0.120. The zero-order valence-electron chi connectivity index (χ0n) is 9.78. The molecule has 1 aliphatic heterocycles. The van der Waals surface area contributed by atoms with Crippen LogP contribution in [0, 0.1) is 6.92 Å². The topological polar surface area (TPSA) is 39.1 Å². The lowest BCUT2D eigenvalue weighted by atomic mass is 10.2. The van der Waals surface area contributed by atoms with Gasteiger partial charge < -0.3 is 14.6 Å². The smallest absolute Gasteiger partial charge is 0.203 e. The van der Waals surface area contributed by atoms with Gasteiger partial charge in [-0.1, -0.05) is 6.08 Å². The van der Waals surface area contributed by atoms with Crippen molar-refractivity contribution >= 4 is 5.95 Å². The van der Waals surface area contributed by atoms with Crippen LogP contribution in [0.15, 0.2) is 18.9 Å². The van der Waals surface area contributed by atoms with Crippen molar-refractivity contribution in [1.82, 2.24) is 9.55 Å². The molecule has 16 heavy (non-hydrogen) atoms. The van der Waals surface area contributed by atoms with E-state index in [0.29, 0.717) is 6.10 Å². The van der Waals surface area contributed by atoms with E-state index in [-0.39, 0.29) is 0 Å². The maximum Gasteiger partial charge on any atom is 0.203 e. The zero-order valence-corrected chi connectivity index (χ0v) is 9.78. The summed E-state index contributed by atoms with van der Waals surface area (Å²) in [6.07, 6.45) is 6.56. The molecule has 0 bridgehead atoms. The number of imidazole rings is 1. The van der Waals surface area contributed by atoms with E-state index in [1.165, 1.54) is 6.42 Å². The Bertz CT molecular complexity index is 353. The van der Waals surface area contributed by atoms with Crippen molar-refractivity contribution in [2.24, 2.45) is 0 Å². The molecule has 0 amide bonds. The Labute approximate surface area is 96.3 Å². The molecule has 2 heterocycles. The minimum Gasteiger partial charge on any atom is -0.376 e. The Morgan fingerprint density at radius 3 is 3.31 bits per heavy atom. The molecule has 1 atom stereocenters. The van der Waals surface area contributed by atoms with Gasteiger partial charge in [0.15, 0.2) is 0 Å². The Morgan fingerprint density at radius 1 is 1.75 bits per heavy atom. The van der Waals surface area contributed by atoms with Crippen LogP contribution in [0.1, 0.15) is 18.5 Å². The van der Waals surface area contributed by atoms with Crippen LogP contribution in [-0.2, 0) is 11.3 Å². The van der Waals surface area contributed by atoms with Crippen LogP contribution in [0.3, 0.4) is 0 Å². The van der Waals surface area contributed by atoms with E-state index in [1.807, 2.05) is 19.2 Å². The molecule has 1 saturated heterocycles. The predicted octanol–water partition coefficient (Wildman–Crippen LogP) is 1.97. The zero-order chi connectivity index (χ0) is 11.4. The summed E-state index contributed by atoms with van der Waals surface area (Å²) in [5.41, 5.74) is 1.02. The number of nitrogens with zero attached hydrogens (tertiary/aromatic N) is 2. The summed E-state index contributed by atoms with van der Waals surface area (Å²) in [4.78, 5) is 4.44. The third kappa shape index (κ3) is 2.64. The first-order valence-electron chi connectivity index (χ1n) is 5.79. The molecule has 4 heteroatoms. The first kappa shape index (κ1) is 11.2. The molecule has 88 valence electrons. The van der Waals surface area contributed by atoms with Crippen LogP contribution in [0.25, 0.3) is 0 Å². The van der Waals surface area contributed by atoms with Gasteiger partial charge in [-0.05, 0) is 19.8 Å². The molecule has 1 aromatic rings. The number of rotatable bonds is 5. The highest BCUT2D eigenvalue weighted by atomic mass is 16.5. The van der Waals surface area contributed by atoms with E-state index < -0.39 is 0 Å². The van der Waals surface area contributed by atoms with Gasteiger partial charge in [-0.2, -0.15) is 0 Å². The molecule has 0 saturated carbocycles. The fourth-order valence-corrected chi connectivity index (χ4v) is 1.98. The Morgan fingerprint density at radius 2 is 2.62 bits per heavy atom. The van der Waals surface area contributed by atoms with Crippen LogP contribution in [0.5, 0.6) is 0 Å². The molecule has 0 radical (unpaired) electrons. The Balaban J connectivity index is 1.93. The molecular formula is C12H19N3O. The van der Waals surface area contributed by atoms with Gasteiger partial charge in [-0.15, -0.1) is 6.58 Å². The normalized spacial score (nSPS) is 19.9. The minimum absolute atomic E-state index is 0.342. The largest absolute Gasteiger partial charge is 0.376 e. The van der Waals surface area contributed by atoms with E-state index in [1.54, 1.807) is 0 Å². The lowest BCUT2D eigenvalue weighted by Gasteiger charge is -2.12. The molecule has 1 aliphatic rings. The second kappa shape index (κ2) is 5.16. The average Bonchev–Trinajstić information content (AvgIpc) is 2.86. The summed E-state index contributed by atoms with van der Waals surface area (Å²) >= 11 is 0. The molecule has 1 fully saturated rings. The van der Waals surface area contributed by atoms with Gasteiger partial charge in [-0.25, -0.2) is 4.98 Å². The molecule has 1 N–H and O–H groups in total. The van der Waals surface area contributed by atoms with Crippen molar-refractivity contribution in [1.29, 1.82) is 0 Å². The second-order valence-corrected chi connectivity index (χ2v) is 4.16. The summed E-state index contributed by atoms with van der Waals surface area (Å²) in [5.74, 6) is 0.910. The first-order chi connectivity index (χ1) is 7.79. The number of hydrogen-bond acceptors (Lipinski definition) is 3. The summed E-state index contributed by atoms with van der Waals surface area (Å²) in [7, 11) is 0. The highest BCUT2D eigenvalue weighted by Gasteiger charge is 2.15. The number of allylic oxidation sites excluding steroid dienone is 1. The van der Waals surface area contributed by atoms with Crippen molar-refractivity contribution in [2.45, 2.75) is 32.4 Å². The molecule has 1 aromatic heterocycles. The SMILES string of the molecule is C=CCn1cc(C)nc1NCC1CCCO1. The van der Waals surface area contributed by atoms with Crippen LogP contribution in [0.4, 0.5) is 5.95 Å². The molecule has 4 nitrogen and oxygen atoms in total. The summed E-state index contributed by atoms with van der Waals surface area (Å²) < 4.78 is 7.63. The number of nitrogens with one attached hydrogen (secondary N) is 1. The molecule has 0 aromatic carbocycles. The van der Waals surface area contributed by atoms with Gasteiger partial charge in [0.2, 0.25) is 5.95 Å². The standard InChI is InChI=1S/C12H19N3O/c1-3-6-15-9-10(2)14-12(15)13-8-11-5-4-7-16-11/h3,9,11H,1,4-8H2,2H3,(H,13,14). The van der Waals surface area contributed by atoms with Crippen LogP contribution < -0.4 is 5.32 Å². The first-order valence-corrected chi connectivity index (χ1v) is 5.79. The monoisotopic (exact) mass is 221 g/mol. The van der Waals surface area contributed by atoms with E-state index in [2.05, 4.69) is 21.4 Å². The van der Waals surface area contributed by atoms with Gasteiger partial charge in [0.25, 0.3) is 0 Å². The van der Waals surface area contributed by atoms with E-state index in [9.17, 15) is 0 Å². The van der Waals surface area contributed by atoms with E-state index in [0.717, 1.165) is 37.8 Å². The van der Waals surface area contributed by atoms with Crippen molar-refractivity contribution in [3.63, 3.8) is 0 Å². The summed E-state index contributed by atoms with van der Waals surface area (Å²) in [6.45, 7) is 8.26. The molecular weight excluding hydrogens is 202 g/mol. The van der Waals surface area contributed by atoms with Crippen molar-refractivity contribution in [3.8, 4) is 0 Å². The molecule has 0 spiro atoms. The Kier molecular flexibility index (Phi) is 3.62. The quantitative estimate of drug-likeness (QED) is 0.773. The fraction of sp³-hybridized carbons (Fsp3) is 0.583. The van der Waals surface area contributed by atoms with E-state index in [4.69, 9.17) is 4.74 Å². The number of ether oxygens (including phenoxy) is 1. The number of anilines is 1. The van der Waals surface area contributed by atoms with E-state index >= 15 is 0 Å². The third-order valence-corrected chi connectivity index (χ3v) is 2.73. The van der Waals surface area contributed by atoms with Crippen LogP contribution in [-0.4, -0.2) is 28.8 Å². The van der Waals surface area contributed by atoms with Crippen molar-refractivity contribution in [3.05, 3.63) is 24.5 Å². The Hall–Kier alpha value is -1.29. The highest BCUT2D eigenvalue weighted by molar-refractivity contribution is 5.29. The second-order valence-electron chi connectivity index (χ2n) is 4.16. The summed E-state index contributed by atoms with van der Waals surface area (Å²) in [5, 5.41) is 3.34. The van der Waals surface area contributed by atoms with Crippen LogP contribution >= 0.6 is 0 Å². The van der Waals surface area contributed by atoms with Gasteiger partial charge in [0, 0.05) is 25.9 Å². The maximum atomic E-state index is 5.56. The number of hydrogen-bond donors (Lipinski definition) is 1. The van der Waals surface area contributed by atoms with Crippen molar-refractivity contribution in [2.75, 3.05) is 18.5 Å². The number of aromatic nitrogens is 2. The fourth-order valence-electron chi connectivity index (χ4n) is 1.98. The van der Waals surface area contributed by atoms with Gasteiger partial charge in [0.05, 0.1) is 11.8 Å². The summed E-state index contributed by atoms with van der Waals surface area (Å²) in [6, 6.07) is 0. The van der Waals surface area contributed by atoms with Gasteiger partial charge >= 0.3 is 0 Å². The molecule has 0 aliphatic carbocycles. The van der Waals surface area contributed by atoms with Crippen LogP contribution in [0.2, 0.25) is 0 Å². The maximum absolute atomic E-state index is 5.56. The lowest BCUT2D eigenvalue weighted by Crippen LogP contribution is -2.20. The molecule has 2 rings (SSSR count). The number of aryl methyl sites for hydroxylation is 1. The third-order valence-electron chi connectivity index (χ3n) is 2.73. The predicted molar refractivity (Wildman–Crippen MR) is 64.6 cm³/mol.